The molecule has 0 spiro atoms. The van der Waals surface area contributed by atoms with Crippen LogP contribution in [-0.4, -0.2) is 67.4 Å². The second kappa shape index (κ2) is 11.1. The van der Waals surface area contributed by atoms with Crippen molar-refractivity contribution in [3.05, 3.63) is 89.7 Å². The van der Waals surface area contributed by atoms with Gasteiger partial charge in [0.1, 0.15) is 23.8 Å². The Balaban J connectivity index is 1.34. The summed E-state index contributed by atoms with van der Waals surface area (Å²) in [7, 11) is 1.74. The molecule has 198 valence electrons. The maximum Gasteiger partial charge on any atom is 0.254 e. The van der Waals surface area contributed by atoms with Gasteiger partial charge in [-0.3, -0.25) is 9.59 Å². The van der Waals surface area contributed by atoms with Crippen molar-refractivity contribution < 1.29 is 32.9 Å². The molecule has 0 aromatic heterocycles. The third-order valence-corrected chi connectivity index (χ3v) is 6.63. The number of ether oxygens (including phenoxy) is 4. The first-order chi connectivity index (χ1) is 18.4. The lowest BCUT2D eigenvalue weighted by molar-refractivity contribution is -0.152. The fourth-order valence-electron chi connectivity index (χ4n) is 4.58. The van der Waals surface area contributed by atoms with Crippen LogP contribution in [-0.2, 0) is 16.1 Å². The van der Waals surface area contributed by atoms with Crippen LogP contribution in [0.2, 0.25) is 0 Å². The predicted octanol–water partition coefficient (Wildman–Crippen LogP) is 3.89. The molecule has 3 aromatic carbocycles. The number of morpholine rings is 1. The van der Waals surface area contributed by atoms with Crippen molar-refractivity contribution in [1.82, 2.24) is 9.80 Å². The highest BCUT2D eigenvalue weighted by Crippen LogP contribution is 2.33. The van der Waals surface area contributed by atoms with Gasteiger partial charge in [0.25, 0.3) is 5.91 Å². The highest BCUT2D eigenvalue weighted by Gasteiger charge is 2.42. The second-order valence-corrected chi connectivity index (χ2v) is 9.48. The topological polar surface area (TPSA) is 77.5 Å². The summed E-state index contributed by atoms with van der Waals surface area (Å²) in [5.41, 5.74) is 0.363. The van der Waals surface area contributed by atoms with E-state index in [9.17, 15) is 14.0 Å². The summed E-state index contributed by atoms with van der Waals surface area (Å²) in [5, 5.41) is 0. The van der Waals surface area contributed by atoms with Gasteiger partial charge in [-0.15, -0.1) is 0 Å². The molecule has 0 unspecified atom stereocenters. The summed E-state index contributed by atoms with van der Waals surface area (Å²) in [6.07, 6.45) is 0.00243. The van der Waals surface area contributed by atoms with E-state index in [-0.39, 0.29) is 50.6 Å². The Labute approximate surface area is 220 Å². The zero-order valence-corrected chi connectivity index (χ0v) is 21.1. The van der Waals surface area contributed by atoms with E-state index in [2.05, 4.69) is 0 Å². The van der Waals surface area contributed by atoms with Gasteiger partial charge in [-0.1, -0.05) is 30.3 Å². The molecule has 0 aliphatic carbocycles. The molecule has 1 saturated heterocycles. The quantitative estimate of drug-likeness (QED) is 0.449. The van der Waals surface area contributed by atoms with Gasteiger partial charge in [-0.25, -0.2) is 4.39 Å². The fraction of sp³-hybridized carbons (Fsp3) is 0.310. The van der Waals surface area contributed by atoms with Gasteiger partial charge in [-0.05, 0) is 48.0 Å². The number of nitrogens with zero attached hydrogens (tertiary/aromatic N) is 2. The SMILES string of the molecule is CN(Cc1ccccc1)C(=O)C[C@@]1(COc2ccc(F)cc2)CN(C(=O)c2ccc3c(c2)OCO3)CCO1. The zero-order chi connectivity index (χ0) is 26.5. The molecule has 0 radical (unpaired) electrons. The molecular formula is C29H29FN2O6. The van der Waals surface area contributed by atoms with Gasteiger partial charge in [-0.2, -0.15) is 0 Å². The number of carbonyl (C=O) groups is 2. The molecule has 0 bridgehead atoms. The van der Waals surface area contributed by atoms with Crippen LogP contribution in [0.4, 0.5) is 4.39 Å². The Morgan fingerprint density at radius 1 is 1.03 bits per heavy atom. The number of benzene rings is 3. The van der Waals surface area contributed by atoms with E-state index < -0.39 is 5.60 Å². The molecule has 0 saturated carbocycles. The molecule has 2 amide bonds. The van der Waals surface area contributed by atoms with Crippen LogP contribution in [0.25, 0.3) is 0 Å². The van der Waals surface area contributed by atoms with Gasteiger partial charge in [0.2, 0.25) is 12.7 Å². The highest BCUT2D eigenvalue weighted by molar-refractivity contribution is 5.95. The molecule has 1 fully saturated rings. The number of hydrogen-bond donors (Lipinski definition) is 0. The van der Waals surface area contributed by atoms with E-state index in [0.717, 1.165) is 5.56 Å². The lowest BCUT2D eigenvalue weighted by atomic mass is 9.96. The normalized spacial score (nSPS) is 18.2. The van der Waals surface area contributed by atoms with Gasteiger partial charge >= 0.3 is 0 Å². The number of fused-ring (bicyclic) bond motifs is 1. The predicted molar refractivity (Wildman–Crippen MR) is 137 cm³/mol. The minimum atomic E-state index is -1.10. The summed E-state index contributed by atoms with van der Waals surface area (Å²) in [4.78, 5) is 30.1. The molecule has 1 atom stereocenters. The van der Waals surface area contributed by atoms with Gasteiger partial charge in [0, 0.05) is 25.7 Å². The van der Waals surface area contributed by atoms with E-state index in [1.54, 1.807) is 35.0 Å². The number of halogens is 1. The van der Waals surface area contributed by atoms with Crippen LogP contribution in [0.5, 0.6) is 17.2 Å². The third kappa shape index (κ3) is 5.89. The lowest BCUT2D eigenvalue weighted by Crippen LogP contribution is -2.58. The van der Waals surface area contributed by atoms with Crippen molar-refractivity contribution in [2.75, 3.05) is 40.1 Å². The Morgan fingerprint density at radius 2 is 1.79 bits per heavy atom. The second-order valence-electron chi connectivity index (χ2n) is 9.48. The first kappa shape index (κ1) is 25.5. The summed E-state index contributed by atoms with van der Waals surface area (Å²) >= 11 is 0. The van der Waals surface area contributed by atoms with Crippen molar-refractivity contribution in [1.29, 1.82) is 0 Å². The van der Waals surface area contributed by atoms with E-state index in [1.165, 1.54) is 24.3 Å². The van der Waals surface area contributed by atoms with E-state index in [1.807, 2.05) is 30.3 Å². The molecule has 0 N–H and O–H groups in total. The number of amides is 2. The molecule has 2 heterocycles. The van der Waals surface area contributed by atoms with Crippen molar-refractivity contribution in [3.8, 4) is 17.2 Å². The van der Waals surface area contributed by atoms with Crippen LogP contribution in [0.15, 0.2) is 72.8 Å². The maximum atomic E-state index is 13.5. The Kier molecular flexibility index (Phi) is 7.46. The van der Waals surface area contributed by atoms with E-state index >= 15 is 0 Å². The number of rotatable bonds is 8. The zero-order valence-electron chi connectivity index (χ0n) is 21.1. The molecule has 38 heavy (non-hydrogen) atoms. The van der Waals surface area contributed by atoms with Crippen LogP contribution < -0.4 is 14.2 Å². The first-order valence-electron chi connectivity index (χ1n) is 12.4. The minimum Gasteiger partial charge on any atom is -0.490 e. The summed E-state index contributed by atoms with van der Waals surface area (Å²) in [6.45, 7) is 1.31. The van der Waals surface area contributed by atoms with Gasteiger partial charge in [0.15, 0.2) is 11.5 Å². The van der Waals surface area contributed by atoms with Crippen LogP contribution in [0.3, 0.4) is 0 Å². The van der Waals surface area contributed by atoms with Crippen LogP contribution in [0, 0.1) is 5.82 Å². The summed E-state index contributed by atoms with van der Waals surface area (Å²) in [5.74, 6) is 0.833. The largest absolute Gasteiger partial charge is 0.490 e. The van der Waals surface area contributed by atoms with Gasteiger partial charge in [0.05, 0.1) is 19.6 Å². The molecule has 8 nitrogen and oxygen atoms in total. The average Bonchev–Trinajstić information content (AvgIpc) is 3.41. The van der Waals surface area contributed by atoms with Crippen molar-refractivity contribution in [2.24, 2.45) is 0 Å². The van der Waals surface area contributed by atoms with Gasteiger partial charge < -0.3 is 28.7 Å². The van der Waals surface area contributed by atoms with E-state index in [4.69, 9.17) is 18.9 Å². The van der Waals surface area contributed by atoms with Crippen LogP contribution >= 0.6 is 0 Å². The molecular weight excluding hydrogens is 491 g/mol. The highest BCUT2D eigenvalue weighted by atomic mass is 19.1. The average molecular weight is 521 g/mol. The monoisotopic (exact) mass is 520 g/mol. The Morgan fingerprint density at radius 3 is 2.58 bits per heavy atom. The third-order valence-electron chi connectivity index (χ3n) is 6.63. The van der Waals surface area contributed by atoms with Crippen LogP contribution in [0.1, 0.15) is 22.3 Å². The molecule has 5 rings (SSSR count). The first-order valence-corrected chi connectivity index (χ1v) is 12.4. The smallest absolute Gasteiger partial charge is 0.254 e. The Hall–Kier alpha value is -4.11. The standard InChI is InChI=1S/C29H29FN2O6/c1-31(17-21-5-3-2-4-6-21)27(33)16-29(19-35-24-10-8-23(30)9-11-24)18-32(13-14-38-29)28(34)22-7-12-25-26(15-22)37-20-36-25/h2-12,15H,13-14,16-20H2,1H3/t29-/m0/s1. The number of hydrogen-bond acceptors (Lipinski definition) is 6. The molecule has 2 aliphatic rings. The minimum absolute atomic E-state index is 0.00243. The van der Waals surface area contributed by atoms with Crippen molar-refractivity contribution in [2.45, 2.75) is 18.6 Å². The molecule has 3 aromatic rings. The van der Waals surface area contributed by atoms with E-state index in [0.29, 0.717) is 35.9 Å². The Bertz CT molecular complexity index is 1290. The lowest BCUT2D eigenvalue weighted by Gasteiger charge is -2.42. The maximum absolute atomic E-state index is 13.5. The number of carbonyl (C=O) groups excluding carboxylic acids is 2. The summed E-state index contributed by atoms with van der Waals surface area (Å²) < 4.78 is 36.3. The summed E-state index contributed by atoms with van der Waals surface area (Å²) in [6, 6.07) is 20.4. The fourth-order valence-corrected chi connectivity index (χ4v) is 4.58. The molecule has 2 aliphatic heterocycles. The van der Waals surface area contributed by atoms with Crippen molar-refractivity contribution >= 4 is 11.8 Å². The van der Waals surface area contributed by atoms with Crippen molar-refractivity contribution in [3.63, 3.8) is 0 Å². The molecule has 9 heteroatoms.